The summed E-state index contributed by atoms with van der Waals surface area (Å²) in [6.07, 6.45) is 4.34. The maximum absolute atomic E-state index is 10.4. The fraction of sp³-hybridized carbons (Fsp3) is 0. The molecule has 12 heavy (non-hydrogen) atoms. The molecule has 1 heterocycles. The van der Waals surface area contributed by atoms with Crippen LogP contribution in [0, 0.1) is 0 Å². The number of primary amides is 1. The summed E-state index contributed by atoms with van der Waals surface area (Å²) < 4.78 is 0. The lowest BCUT2D eigenvalue weighted by Crippen LogP contribution is -2.05. The molecule has 1 rings (SSSR count). The van der Waals surface area contributed by atoms with Gasteiger partial charge in [-0.05, 0) is 12.1 Å². The van der Waals surface area contributed by atoms with Crippen LogP contribution >= 0.6 is 11.6 Å². The van der Waals surface area contributed by atoms with Gasteiger partial charge in [0.25, 0.3) is 0 Å². The number of hydrogen-bond acceptors (Lipinski definition) is 2. The van der Waals surface area contributed by atoms with Crippen molar-refractivity contribution < 1.29 is 4.79 Å². The van der Waals surface area contributed by atoms with Crippen LogP contribution in [0.5, 0.6) is 0 Å². The Hall–Kier alpha value is -1.35. The van der Waals surface area contributed by atoms with Crippen LogP contribution in [0.2, 0.25) is 5.15 Å². The summed E-state index contributed by atoms with van der Waals surface area (Å²) in [5.74, 6) is -0.505. The smallest absolute Gasteiger partial charge is 0.241 e. The summed E-state index contributed by atoms with van der Waals surface area (Å²) in [5, 5.41) is 0.356. The molecule has 1 aromatic heterocycles. The van der Waals surface area contributed by atoms with Crippen molar-refractivity contribution in [2.75, 3.05) is 0 Å². The van der Waals surface area contributed by atoms with Crippen molar-refractivity contribution in [1.29, 1.82) is 0 Å². The summed E-state index contributed by atoms with van der Waals surface area (Å²) in [6, 6.07) is 3.47. The number of rotatable bonds is 2. The molecule has 1 amide bonds. The SMILES string of the molecule is NC(=O)C=Cc1cccnc1Cl. The number of carbonyl (C=O) groups excluding carboxylic acids is 1. The van der Waals surface area contributed by atoms with Crippen molar-refractivity contribution in [3.63, 3.8) is 0 Å². The Balaban J connectivity index is 2.89. The molecule has 0 fully saturated rings. The highest BCUT2D eigenvalue weighted by atomic mass is 35.5. The minimum atomic E-state index is -0.505. The van der Waals surface area contributed by atoms with E-state index in [1.165, 1.54) is 12.2 Å². The maximum atomic E-state index is 10.4. The molecule has 1 aromatic rings. The van der Waals surface area contributed by atoms with Crippen LogP contribution in [0.25, 0.3) is 6.08 Å². The summed E-state index contributed by atoms with van der Waals surface area (Å²) in [4.78, 5) is 14.2. The number of nitrogens with two attached hydrogens (primary N) is 1. The van der Waals surface area contributed by atoms with E-state index in [1.807, 2.05) is 0 Å². The first-order chi connectivity index (χ1) is 5.70. The highest BCUT2D eigenvalue weighted by molar-refractivity contribution is 6.30. The first-order valence-electron chi connectivity index (χ1n) is 3.28. The summed E-state index contributed by atoms with van der Waals surface area (Å²) in [6.45, 7) is 0. The fourth-order valence-electron chi connectivity index (χ4n) is 0.695. The van der Waals surface area contributed by atoms with Crippen molar-refractivity contribution in [3.8, 4) is 0 Å². The molecule has 0 atom stereocenters. The first kappa shape index (κ1) is 8.74. The van der Waals surface area contributed by atoms with Gasteiger partial charge in [0.2, 0.25) is 5.91 Å². The largest absolute Gasteiger partial charge is 0.366 e. The van der Waals surface area contributed by atoms with Crippen molar-refractivity contribution in [2.45, 2.75) is 0 Å². The summed E-state index contributed by atoms with van der Waals surface area (Å²) >= 11 is 5.69. The number of nitrogens with zero attached hydrogens (tertiary/aromatic N) is 1. The van der Waals surface area contributed by atoms with Crippen LogP contribution in [0.1, 0.15) is 5.56 Å². The number of pyridine rings is 1. The van der Waals surface area contributed by atoms with Gasteiger partial charge in [-0.3, -0.25) is 4.79 Å². The second-order valence-electron chi connectivity index (χ2n) is 2.12. The molecule has 3 nitrogen and oxygen atoms in total. The Morgan fingerprint density at radius 1 is 1.67 bits per heavy atom. The summed E-state index contributed by atoms with van der Waals surface area (Å²) in [7, 11) is 0. The molecular formula is C8H7ClN2O. The molecule has 0 aliphatic carbocycles. The van der Waals surface area contributed by atoms with Crippen molar-refractivity contribution in [3.05, 3.63) is 35.1 Å². The number of aromatic nitrogens is 1. The normalized spacial score (nSPS) is 10.4. The Morgan fingerprint density at radius 2 is 2.42 bits per heavy atom. The minimum absolute atomic E-state index is 0.356. The topological polar surface area (TPSA) is 56.0 Å². The zero-order valence-electron chi connectivity index (χ0n) is 6.20. The van der Waals surface area contributed by atoms with Crippen LogP contribution in [-0.4, -0.2) is 10.9 Å². The van der Waals surface area contributed by atoms with Gasteiger partial charge in [-0.25, -0.2) is 4.98 Å². The van der Waals surface area contributed by atoms with Gasteiger partial charge in [-0.2, -0.15) is 0 Å². The van der Waals surface area contributed by atoms with Gasteiger partial charge in [0.05, 0.1) is 0 Å². The molecule has 0 radical (unpaired) electrons. The van der Waals surface area contributed by atoms with Crippen LogP contribution in [0.15, 0.2) is 24.4 Å². The molecule has 0 unspecified atom stereocenters. The molecule has 0 aliphatic heterocycles. The first-order valence-corrected chi connectivity index (χ1v) is 3.66. The molecule has 2 N–H and O–H groups in total. The quantitative estimate of drug-likeness (QED) is 0.553. The highest BCUT2D eigenvalue weighted by Gasteiger charge is 1.94. The number of amides is 1. The van der Waals surface area contributed by atoms with Gasteiger partial charge in [0.15, 0.2) is 0 Å². The fourth-order valence-corrected chi connectivity index (χ4v) is 0.877. The average Bonchev–Trinajstić information content (AvgIpc) is 2.03. The van der Waals surface area contributed by atoms with E-state index < -0.39 is 5.91 Å². The van der Waals surface area contributed by atoms with E-state index in [9.17, 15) is 4.79 Å². The van der Waals surface area contributed by atoms with Gasteiger partial charge in [0, 0.05) is 17.8 Å². The zero-order valence-corrected chi connectivity index (χ0v) is 6.95. The lowest BCUT2D eigenvalue weighted by molar-refractivity contribution is -0.113. The third kappa shape index (κ3) is 2.36. The van der Waals surface area contributed by atoms with Gasteiger partial charge in [0.1, 0.15) is 5.15 Å². The van der Waals surface area contributed by atoms with Gasteiger partial charge < -0.3 is 5.73 Å². The standard InChI is InChI=1S/C8H7ClN2O/c9-8-6(2-1-5-11-8)3-4-7(10)12/h1-5H,(H2,10,12). The predicted molar refractivity (Wildman–Crippen MR) is 47.5 cm³/mol. The van der Waals surface area contributed by atoms with Gasteiger partial charge in [-0.1, -0.05) is 17.7 Å². The molecule has 0 aromatic carbocycles. The van der Waals surface area contributed by atoms with Gasteiger partial charge >= 0.3 is 0 Å². The van der Waals surface area contributed by atoms with E-state index in [2.05, 4.69) is 4.98 Å². The third-order valence-corrected chi connectivity index (χ3v) is 1.53. The molecule has 0 saturated heterocycles. The summed E-state index contributed by atoms with van der Waals surface area (Å²) in [5.41, 5.74) is 5.58. The number of halogens is 1. The minimum Gasteiger partial charge on any atom is -0.366 e. The predicted octanol–water partition coefficient (Wildman–Crippen LogP) is 1.23. The van der Waals surface area contributed by atoms with E-state index in [-0.39, 0.29) is 0 Å². The lowest BCUT2D eigenvalue weighted by Gasteiger charge is -1.93. The third-order valence-electron chi connectivity index (χ3n) is 1.22. The van der Waals surface area contributed by atoms with Crippen LogP contribution < -0.4 is 5.73 Å². The number of hydrogen-bond donors (Lipinski definition) is 1. The second-order valence-corrected chi connectivity index (χ2v) is 2.48. The van der Waals surface area contributed by atoms with E-state index in [0.717, 1.165) is 0 Å². The van der Waals surface area contributed by atoms with E-state index in [4.69, 9.17) is 17.3 Å². The van der Waals surface area contributed by atoms with E-state index >= 15 is 0 Å². The average molecular weight is 183 g/mol. The highest BCUT2D eigenvalue weighted by Crippen LogP contribution is 2.12. The van der Waals surface area contributed by atoms with Crippen LogP contribution in [-0.2, 0) is 4.79 Å². The van der Waals surface area contributed by atoms with Crippen molar-refractivity contribution in [1.82, 2.24) is 4.98 Å². The Morgan fingerprint density at radius 3 is 3.00 bits per heavy atom. The number of carbonyl (C=O) groups is 1. The molecule has 0 bridgehead atoms. The molecule has 0 aliphatic rings. The maximum Gasteiger partial charge on any atom is 0.241 e. The van der Waals surface area contributed by atoms with E-state index in [1.54, 1.807) is 18.3 Å². The molecule has 62 valence electrons. The molecule has 0 spiro atoms. The van der Waals surface area contributed by atoms with Crippen LogP contribution in [0.3, 0.4) is 0 Å². The lowest BCUT2D eigenvalue weighted by atomic mass is 10.2. The van der Waals surface area contributed by atoms with Crippen molar-refractivity contribution in [2.24, 2.45) is 5.73 Å². The van der Waals surface area contributed by atoms with Crippen LogP contribution in [0.4, 0.5) is 0 Å². The second kappa shape index (κ2) is 3.88. The Labute approximate surface area is 74.9 Å². The zero-order chi connectivity index (χ0) is 8.97. The Bertz CT molecular complexity index is 323. The molecule has 4 heteroatoms. The van der Waals surface area contributed by atoms with E-state index in [0.29, 0.717) is 10.7 Å². The molecular weight excluding hydrogens is 176 g/mol. The Kier molecular flexibility index (Phi) is 2.82. The molecule has 0 saturated carbocycles. The van der Waals surface area contributed by atoms with Crippen molar-refractivity contribution >= 4 is 23.6 Å². The van der Waals surface area contributed by atoms with Gasteiger partial charge in [-0.15, -0.1) is 0 Å². The monoisotopic (exact) mass is 182 g/mol.